The number of thiazole rings is 1. The van der Waals surface area contributed by atoms with Crippen LogP contribution >= 0.6 is 11.3 Å². The molecule has 0 aliphatic carbocycles. The second-order valence-corrected chi connectivity index (χ2v) is 6.13. The maximum absolute atomic E-state index is 4.69. The Morgan fingerprint density at radius 3 is 2.68 bits per heavy atom. The van der Waals surface area contributed by atoms with E-state index in [0.717, 1.165) is 10.5 Å². The zero-order valence-electron chi connectivity index (χ0n) is 12.2. The van der Waals surface area contributed by atoms with Gasteiger partial charge in [0.2, 0.25) is 0 Å². The first-order valence-corrected chi connectivity index (χ1v) is 7.71. The molecule has 4 heteroatoms. The number of benzene rings is 2. The van der Waals surface area contributed by atoms with Gasteiger partial charge in [-0.2, -0.15) is 0 Å². The van der Waals surface area contributed by atoms with Crippen LogP contribution in [0.1, 0.15) is 10.6 Å². The molecule has 0 atom stereocenters. The van der Waals surface area contributed by atoms with Crippen molar-refractivity contribution in [2.75, 3.05) is 11.9 Å². The smallest absolute Gasteiger partial charge is 0.117 e. The van der Waals surface area contributed by atoms with Crippen LogP contribution in [0.5, 0.6) is 0 Å². The van der Waals surface area contributed by atoms with E-state index in [1.165, 1.54) is 21.5 Å². The third kappa shape index (κ3) is 2.81. The molecule has 2 aromatic carbocycles. The van der Waals surface area contributed by atoms with Gasteiger partial charge in [-0.15, -0.1) is 11.3 Å². The van der Waals surface area contributed by atoms with E-state index >= 15 is 0 Å². The Balaban J connectivity index is 0.00000144. The molecule has 22 heavy (non-hydrogen) atoms. The van der Waals surface area contributed by atoms with Gasteiger partial charge in [0.05, 0.1) is 10.2 Å². The molecule has 0 amide bonds. The summed E-state index contributed by atoms with van der Waals surface area (Å²) in [6.07, 6.45) is 6.42. The van der Waals surface area contributed by atoms with Gasteiger partial charge in [-0.1, -0.05) is 30.3 Å². The number of rotatable bonds is 1. The standard InChI is InChI=1S/C18H14N2S.Y/c1-20-11-10-13(14-6-2-4-8-16(14)20)12-18-19-15-7-3-5-9-17(15)21-18;/h2-12H,1H3;/b13-12+;. The first kappa shape index (κ1) is 15.6. The van der Waals surface area contributed by atoms with Crippen molar-refractivity contribution in [3.8, 4) is 0 Å². The van der Waals surface area contributed by atoms with Crippen molar-refractivity contribution in [3.05, 3.63) is 71.4 Å². The molecule has 1 aliphatic rings. The van der Waals surface area contributed by atoms with Crippen molar-refractivity contribution >= 4 is 38.9 Å². The summed E-state index contributed by atoms with van der Waals surface area (Å²) in [5, 5.41) is 1.05. The van der Waals surface area contributed by atoms with Gasteiger partial charge in [0.1, 0.15) is 5.01 Å². The Bertz CT molecular complexity index is 846. The molecule has 0 saturated carbocycles. The molecular formula is C18H14N2SY. The number of allylic oxidation sites excluding steroid dienone is 2. The maximum atomic E-state index is 4.69. The van der Waals surface area contributed by atoms with E-state index in [0.29, 0.717) is 0 Å². The van der Waals surface area contributed by atoms with Gasteiger partial charge in [0.15, 0.2) is 0 Å². The van der Waals surface area contributed by atoms with Gasteiger partial charge in [0.25, 0.3) is 0 Å². The number of fused-ring (bicyclic) bond motifs is 2. The van der Waals surface area contributed by atoms with Crippen molar-refractivity contribution < 1.29 is 32.7 Å². The molecular weight excluding hydrogens is 365 g/mol. The Morgan fingerprint density at radius 1 is 1.05 bits per heavy atom. The fourth-order valence-electron chi connectivity index (χ4n) is 2.60. The number of hydrogen-bond acceptors (Lipinski definition) is 3. The fourth-order valence-corrected chi connectivity index (χ4v) is 3.52. The largest absolute Gasteiger partial charge is 0.351 e. The summed E-state index contributed by atoms with van der Waals surface area (Å²) in [5.74, 6) is 0. The normalized spacial score (nSPS) is 15.0. The van der Waals surface area contributed by atoms with Crippen molar-refractivity contribution in [2.45, 2.75) is 0 Å². The molecule has 0 spiro atoms. The molecule has 0 unspecified atom stereocenters. The second kappa shape index (κ2) is 6.45. The fraction of sp³-hybridized carbons (Fsp3) is 0.0556. The number of hydrogen-bond donors (Lipinski definition) is 0. The van der Waals surface area contributed by atoms with Crippen LogP contribution in [-0.4, -0.2) is 12.0 Å². The predicted molar refractivity (Wildman–Crippen MR) is 91.5 cm³/mol. The molecule has 1 aromatic heterocycles. The van der Waals surface area contributed by atoms with Gasteiger partial charge >= 0.3 is 0 Å². The molecule has 105 valence electrons. The number of aromatic nitrogens is 1. The number of anilines is 1. The van der Waals surface area contributed by atoms with Crippen molar-refractivity contribution in [2.24, 2.45) is 0 Å². The van der Waals surface area contributed by atoms with E-state index in [2.05, 4.69) is 72.8 Å². The summed E-state index contributed by atoms with van der Waals surface area (Å²) in [7, 11) is 2.07. The Hall–Kier alpha value is -1.29. The maximum Gasteiger partial charge on any atom is 0.117 e. The Morgan fingerprint density at radius 2 is 1.82 bits per heavy atom. The first-order chi connectivity index (χ1) is 10.3. The molecule has 0 saturated heterocycles. The van der Waals surface area contributed by atoms with Crippen molar-refractivity contribution in [1.82, 2.24) is 4.98 Å². The number of nitrogens with zero attached hydrogens (tertiary/aromatic N) is 2. The van der Waals surface area contributed by atoms with Crippen LogP contribution in [0.25, 0.3) is 21.9 Å². The molecule has 2 heterocycles. The zero-order valence-corrected chi connectivity index (χ0v) is 15.9. The van der Waals surface area contributed by atoms with E-state index < -0.39 is 0 Å². The zero-order chi connectivity index (χ0) is 14.2. The van der Waals surface area contributed by atoms with Crippen LogP contribution in [0, 0.1) is 0 Å². The molecule has 1 radical (unpaired) electrons. The summed E-state index contributed by atoms with van der Waals surface area (Å²) in [4.78, 5) is 6.84. The molecule has 0 bridgehead atoms. The third-order valence-corrected chi connectivity index (χ3v) is 4.65. The van der Waals surface area contributed by atoms with Gasteiger partial charge in [-0.25, -0.2) is 4.98 Å². The van der Waals surface area contributed by atoms with Crippen LogP contribution in [0.3, 0.4) is 0 Å². The molecule has 1 aliphatic heterocycles. The first-order valence-electron chi connectivity index (χ1n) is 6.89. The van der Waals surface area contributed by atoms with Crippen molar-refractivity contribution in [3.63, 3.8) is 0 Å². The summed E-state index contributed by atoms with van der Waals surface area (Å²) < 4.78 is 1.23. The summed E-state index contributed by atoms with van der Waals surface area (Å²) in [5.41, 5.74) is 4.76. The SMILES string of the molecule is CN1C=C/C(=C\c2nc3ccccc3s2)c2ccccc21.[Y]. The molecule has 3 aromatic rings. The van der Waals surface area contributed by atoms with E-state index in [9.17, 15) is 0 Å². The molecule has 0 fully saturated rings. The Kier molecular flexibility index (Phi) is 4.58. The van der Waals surface area contributed by atoms with Crippen LogP contribution in [-0.2, 0) is 32.7 Å². The van der Waals surface area contributed by atoms with Crippen LogP contribution in [0.2, 0.25) is 0 Å². The van der Waals surface area contributed by atoms with Crippen LogP contribution < -0.4 is 4.90 Å². The van der Waals surface area contributed by atoms with Crippen molar-refractivity contribution in [1.29, 1.82) is 0 Å². The van der Waals surface area contributed by atoms with Gasteiger partial charge in [-0.05, 0) is 35.9 Å². The third-order valence-electron chi connectivity index (χ3n) is 3.66. The number of para-hydroxylation sites is 2. The van der Waals surface area contributed by atoms with E-state index in [1.54, 1.807) is 11.3 Å². The van der Waals surface area contributed by atoms with Crippen LogP contribution in [0.15, 0.2) is 60.8 Å². The minimum absolute atomic E-state index is 0. The molecule has 4 rings (SSSR count). The van der Waals surface area contributed by atoms with E-state index in [4.69, 9.17) is 4.98 Å². The van der Waals surface area contributed by atoms with E-state index in [1.807, 2.05) is 6.07 Å². The quantitative estimate of drug-likeness (QED) is 0.604. The van der Waals surface area contributed by atoms with Crippen LogP contribution in [0.4, 0.5) is 5.69 Å². The topological polar surface area (TPSA) is 16.1 Å². The average molecular weight is 379 g/mol. The minimum Gasteiger partial charge on any atom is -0.351 e. The molecule has 0 N–H and O–H groups in total. The second-order valence-electron chi connectivity index (χ2n) is 5.06. The minimum atomic E-state index is 0. The Labute approximate surface area is 159 Å². The summed E-state index contributed by atoms with van der Waals surface area (Å²) in [6, 6.07) is 16.7. The molecule has 2 nitrogen and oxygen atoms in total. The monoisotopic (exact) mass is 379 g/mol. The van der Waals surface area contributed by atoms with Gasteiger partial charge in [-0.3, -0.25) is 0 Å². The average Bonchev–Trinajstić information content (AvgIpc) is 2.93. The summed E-state index contributed by atoms with van der Waals surface area (Å²) in [6.45, 7) is 0. The van der Waals surface area contributed by atoms with Gasteiger partial charge in [0, 0.05) is 57.2 Å². The van der Waals surface area contributed by atoms with Gasteiger partial charge < -0.3 is 4.90 Å². The van der Waals surface area contributed by atoms with E-state index in [-0.39, 0.29) is 32.7 Å². The predicted octanol–water partition coefficient (Wildman–Crippen LogP) is 4.80. The summed E-state index contributed by atoms with van der Waals surface area (Å²) >= 11 is 1.73.